The summed E-state index contributed by atoms with van der Waals surface area (Å²) in [5.74, 6) is 0.992. The topological polar surface area (TPSA) is 71.0 Å². The zero-order valence-corrected chi connectivity index (χ0v) is 17.0. The maximum Gasteiger partial charge on any atom is 0.416 e. The van der Waals surface area contributed by atoms with E-state index in [9.17, 15) is 21.6 Å². The minimum atomic E-state index is -4.38. The van der Waals surface area contributed by atoms with E-state index >= 15 is 0 Å². The summed E-state index contributed by atoms with van der Waals surface area (Å²) in [6, 6.07) is 4.49. The molecule has 2 rings (SSSR count). The number of nitrogens with zero attached hydrogens (tertiary/aromatic N) is 2. The molecule has 10 heteroatoms. The maximum absolute atomic E-state index is 12.6. The van der Waals surface area contributed by atoms with Crippen LogP contribution in [0.2, 0.25) is 0 Å². The van der Waals surface area contributed by atoms with Crippen LogP contribution in [0.25, 0.3) is 0 Å². The molecule has 1 aromatic rings. The molecule has 1 saturated heterocycles. The number of aliphatic imine (C=N–C) groups is 1. The Labute approximate surface area is 163 Å². The monoisotopic (exact) mass is 421 g/mol. The summed E-state index contributed by atoms with van der Waals surface area (Å²) in [6.45, 7) is 7.11. The molecule has 0 radical (unpaired) electrons. The molecule has 1 aliphatic heterocycles. The van der Waals surface area contributed by atoms with Crippen molar-refractivity contribution < 1.29 is 26.3 Å². The predicted molar refractivity (Wildman–Crippen MR) is 102 cm³/mol. The molecule has 1 aliphatic rings. The van der Waals surface area contributed by atoms with E-state index in [1.165, 1.54) is 12.1 Å². The third-order valence-corrected chi connectivity index (χ3v) is 7.01. The first-order valence-electron chi connectivity index (χ1n) is 9.02. The predicted octanol–water partition coefficient (Wildman–Crippen LogP) is 2.56. The van der Waals surface area contributed by atoms with Crippen LogP contribution in [-0.4, -0.2) is 62.6 Å². The second kappa shape index (κ2) is 8.59. The van der Waals surface area contributed by atoms with Gasteiger partial charge in [0.15, 0.2) is 15.8 Å². The van der Waals surface area contributed by atoms with Gasteiger partial charge in [0.1, 0.15) is 12.4 Å². The molecule has 6 nitrogen and oxygen atoms in total. The zero-order valence-electron chi connectivity index (χ0n) is 16.2. The molecule has 0 saturated carbocycles. The van der Waals surface area contributed by atoms with E-state index in [1.54, 1.807) is 13.8 Å². The summed E-state index contributed by atoms with van der Waals surface area (Å²) in [7, 11) is -3.15. The number of alkyl halides is 3. The van der Waals surface area contributed by atoms with E-state index < -0.39 is 26.3 Å². The highest BCUT2D eigenvalue weighted by molar-refractivity contribution is 7.92. The van der Waals surface area contributed by atoms with Crippen molar-refractivity contribution in [2.45, 2.75) is 31.7 Å². The third-order valence-electron chi connectivity index (χ3n) is 4.48. The Morgan fingerprint density at radius 2 is 1.93 bits per heavy atom. The normalized spacial score (nSPS) is 19.4. The van der Waals surface area contributed by atoms with Crippen molar-refractivity contribution in [2.24, 2.45) is 4.99 Å². The molecule has 1 aromatic carbocycles. The van der Waals surface area contributed by atoms with Gasteiger partial charge in [-0.25, -0.2) is 13.4 Å². The van der Waals surface area contributed by atoms with Crippen molar-refractivity contribution in [2.75, 3.05) is 38.5 Å². The molecule has 1 heterocycles. The number of ether oxygens (including phenoxy) is 1. The minimum Gasteiger partial charge on any atom is -0.492 e. The van der Waals surface area contributed by atoms with Crippen LogP contribution >= 0.6 is 0 Å². The fraction of sp³-hybridized carbons (Fsp3) is 0.611. The molecule has 0 aliphatic carbocycles. The van der Waals surface area contributed by atoms with Gasteiger partial charge in [0, 0.05) is 19.6 Å². The second-order valence-corrected chi connectivity index (χ2v) is 9.85. The van der Waals surface area contributed by atoms with Crippen molar-refractivity contribution in [1.29, 1.82) is 0 Å². The quantitative estimate of drug-likeness (QED) is 0.450. The first-order chi connectivity index (χ1) is 13.0. The molecule has 158 valence electrons. The Morgan fingerprint density at radius 3 is 2.46 bits per heavy atom. The van der Waals surface area contributed by atoms with Crippen molar-refractivity contribution in [3.05, 3.63) is 29.8 Å². The molecule has 0 atom stereocenters. The van der Waals surface area contributed by atoms with Gasteiger partial charge in [0.25, 0.3) is 0 Å². The summed E-state index contributed by atoms with van der Waals surface area (Å²) < 4.78 is 66.6. The number of rotatable bonds is 5. The van der Waals surface area contributed by atoms with E-state index in [0.717, 1.165) is 12.1 Å². The smallest absolute Gasteiger partial charge is 0.416 e. The summed E-state index contributed by atoms with van der Waals surface area (Å²) in [5.41, 5.74) is -0.727. The van der Waals surface area contributed by atoms with Gasteiger partial charge < -0.3 is 15.0 Å². The lowest BCUT2D eigenvalue weighted by atomic mass is 10.2. The van der Waals surface area contributed by atoms with Gasteiger partial charge >= 0.3 is 6.18 Å². The Hall–Kier alpha value is -1.97. The van der Waals surface area contributed by atoms with Gasteiger partial charge in [-0.15, -0.1) is 0 Å². The van der Waals surface area contributed by atoms with Gasteiger partial charge in [-0.1, -0.05) is 0 Å². The van der Waals surface area contributed by atoms with Crippen LogP contribution in [0.15, 0.2) is 29.3 Å². The Kier molecular flexibility index (Phi) is 6.84. The van der Waals surface area contributed by atoms with Crippen molar-refractivity contribution in [3.63, 3.8) is 0 Å². The SMILES string of the molecule is CCNC(=NCCOc1ccc(C(F)(F)F)cc1)N1CCS(=O)(=O)C(C)(C)C1. The van der Waals surface area contributed by atoms with Crippen molar-refractivity contribution >= 4 is 15.8 Å². The van der Waals surface area contributed by atoms with E-state index in [2.05, 4.69) is 10.3 Å². The summed E-state index contributed by atoms with van der Waals surface area (Å²) in [6.07, 6.45) is -4.38. The van der Waals surface area contributed by atoms with Gasteiger partial charge in [0.05, 0.1) is 22.6 Å². The van der Waals surface area contributed by atoms with Crippen LogP contribution in [0, 0.1) is 0 Å². The highest BCUT2D eigenvalue weighted by atomic mass is 32.2. The molecular weight excluding hydrogens is 395 g/mol. The number of sulfone groups is 1. The average molecular weight is 421 g/mol. The number of guanidine groups is 1. The maximum atomic E-state index is 12.6. The standard InChI is InChI=1S/C18H26F3N3O3S/c1-4-22-16(24-10-12-28(25,26)17(2,3)13-24)23-9-11-27-15-7-5-14(6-8-15)18(19,20)21/h5-8H,4,9-13H2,1-3H3,(H,22,23). The molecule has 1 fully saturated rings. The van der Waals surface area contributed by atoms with Crippen molar-refractivity contribution in [1.82, 2.24) is 10.2 Å². The van der Waals surface area contributed by atoms with Crippen LogP contribution in [0.1, 0.15) is 26.3 Å². The summed E-state index contributed by atoms with van der Waals surface area (Å²) in [5, 5.41) is 3.14. The highest BCUT2D eigenvalue weighted by Gasteiger charge is 2.40. The minimum absolute atomic E-state index is 0.0620. The molecule has 28 heavy (non-hydrogen) atoms. The summed E-state index contributed by atoms with van der Waals surface area (Å²) >= 11 is 0. The van der Waals surface area contributed by atoms with Crippen LogP contribution in [0.4, 0.5) is 13.2 Å². The number of nitrogens with one attached hydrogen (secondary N) is 1. The zero-order chi connectivity index (χ0) is 21.0. The number of hydrogen-bond donors (Lipinski definition) is 1. The van der Waals surface area contributed by atoms with Crippen LogP contribution in [0.3, 0.4) is 0 Å². The lowest BCUT2D eigenvalue weighted by molar-refractivity contribution is -0.137. The van der Waals surface area contributed by atoms with E-state index in [4.69, 9.17) is 4.74 Å². The average Bonchev–Trinajstić information content (AvgIpc) is 2.60. The number of hydrogen-bond acceptors (Lipinski definition) is 4. The van der Waals surface area contributed by atoms with E-state index in [-0.39, 0.29) is 18.9 Å². The fourth-order valence-corrected chi connectivity index (χ4v) is 4.17. The first-order valence-corrected chi connectivity index (χ1v) is 10.7. The Morgan fingerprint density at radius 1 is 1.29 bits per heavy atom. The molecule has 0 bridgehead atoms. The van der Waals surface area contributed by atoms with E-state index in [1.807, 2.05) is 11.8 Å². The molecule has 0 aromatic heterocycles. The van der Waals surface area contributed by atoms with Gasteiger partial charge in [-0.05, 0) is 45.0 Å². The fourth-order valence-electron chi connectivity index (χ4n) is 2.81. The molecule has 1 N–H and O–H groups in total. The molecule has 0 unspecified atom stereocenters. The van der Waals surface area contributed by atoms with Crippen LogP contribution in [0.5, 0.6) is 5.75 Å². The van der Waals surface area contributed by atoms with Crippen molar-refractivity contribution in [3.8, 4) is 5.75 Å². The number of halogens is 3. The van der Waals surface area contributed by atoms with Crippen LogP contribution < -0.4 is 10.1 Å². The third kappa shape index (κ3) is 5.52. The lowest BCUT2D eigenvalue weighted by Crippen LogP contribution is -2.57. The van der Waals surface area contributed by atoms with Gasteiger partial charge in [-0.3, -0.25) is 0 Å². The van der Waals surface area contributed by atoms with Gasteiger partial charge in [-0.2, -0.15) is 13.2 Å². The highest BCUT2D eigenvalue weighted by Crippen LogP contribution is 2.30. The molecule has 0 spiro atoms. The lowest BCUT2D eigenvalue weighted by Gasteiger charge is -2.39. The second-order valence-electron chi connectivity index (χ2n) is 7.11. The summed E-state index contributed by atoms with van der Waals surface area (Å²) in [4.78, 5) is 6.36. The Balaban J connectivity index is 1.94. The number of benzene rings is 1. The van der Waals surface area contributed by atoms with Gasteiger partial charge in [0.2, 0.25) is 0 Å². The van der Waals surface area contributed by atoms with Crippen LogP contribution in [-0.2, 0) is 16.0 Å². The molecular formula is C18H26F3N3O3S. The van der Waals surface area contributed by atoms with E-state index in [0.29, 0.717) is 31.3 Å². The largest absolute Gasteiger partial charge is 0.492 e. The Bertz CT molecular complexity index is 791. The first kappa shape index (κ1) is 22.3. The molecule has 0 amide bonds.